The average Bonchev–Trinajstić information content (AvgIpc) is 1.37. The fourth-order valence-corrected chi connectivity index (χ4v) is 14.5. The van der Waals surface area contributed by atoms with Crippen LogP contribution in [0.5, 0.6) is 0 Å². The molecular weight excluding hydrogens is 1390 g/mol. The third kappa shape index (κ3) is 26.7. The summed E-state index contributed by atoms with van der Waals surface area (Å²) in [5.74, 6) is -9.68. The highest BCUT2D eigenvalue weighted by molar-refractivity contribution is 7.99. The second kappa shape index (κ2) is 44.3. The Bertz CT molecular complexity index is 3210. The molecule has 31 heteroatoms. The standard InChI is InChI=1S/C76H130N16O14S/c1-23-56-72(101)85(17)53(15)71(100)90(22)63(54(16)106-38-30-29-35-91-36-39-105-40-37-91)69(98)80-60(48(8)9)75(104)86(18)57(42-45(2)3)66(95)77-51(13)65(94)78-52(14)70(99)87(19)58(43-46(4)5)73(102)88(20)59(44-47(6)7)74(103)89(21)62(49(10)11)68(97)81-61(67(96)79-56)64(93)50(12)32-26-25-31-41-107-76-82-83-84-92(76)55-33-27-24-28-34-55/h24,27-28,33-34,45-54,56-64,93H,23,25-26,29-32,35-44H2,1-22H3,(H,77,95)(H,78,94)(H,79,96)(H,80,98)(H,81,97)/t50-,51+,52-,53-,54-,56+,57+,58+,59+,60+,61+,62+,63+,64-/m1/s1. The summed E-state index contributed by atoms with van der Waals surface area (Å²) < 4.78 is 13.6. The van der Waals surface area contributed by atoms with Gasteiger partial charge in [-0.2, -0.15) is 4.68 Å². The first-order valence-corrected chi connectivity index (χ1v) is 39.5. The second-order valence-electron chi connectivity index (χ2n) is 31.2. The number of thioether (sulfide) groups is 1. The quantitative estimate of drug-likeness (QED) is 0.0569. The largest absolute Gasteiger partial charge is 0.390 e. The van der Waals surface area contributed by atoms with E-state index < -0.39 is 161 Å². The first-order valence-electron chi connectivity index (χ1n) is 38.5. The number of para-hydroxylation sites is 1. The van der Waals surface area contributed by atoms with E-state index in [2.05, 4.69) is 47.0 Å². The van der Waals surface area contributed by atoms with Crippen LogP contribution in [-0.4, -0.2) is 291 Å². The summed E-state index contributed by atoms with van der Waals surface area (Å²) in [6, 6.07) is -4.94. The number of aliphatic hydroxyl groups excluding tert-OH is 1. The number of nitrogens with one attached hydrogen (secondary N) is 5. The smallest absolute Gasteiger partial charge is 0.246 e. The van der Waals surface area contributed by atoms with Crippen molar-refractivity contribution in [1.29, 1.82) is 0 Å². The molecule has 107 heavy (non-hydrogen) atoms. The fourth-order valence-electron chi connectivity index (χ4n) is 13.6. The number of aromatic nitrogens is 4. The minimum atomic E-state index is -1.72. The predicted molar refractivity (Wildman–Crippen MR) is 410 cm³/mol. The summed E-state index contributed by atoms with van der Waals surface area (Å²) in [5, 5.41) is 39.2. The van der Waals surface area contributed by atoms with Crippen molar-refractivity contribution in [2.45, 2.75) is 259 Å². The van der Waals surface area contributed by atoms with Gasteiger partial charge in [0.1, 0.15) is 66.5 Å². The van der Waals surface area contributed by atoms with Gasteiger partial charge in [-0.05, 0) is 144 Å². The molecule has 11 amide bonds. The zero-order valence-corrected chi connectivity index (χ0v) is 68.8. The summed E-state index contributed by atoms with van der Waals surface area (Å²) in [5.41, 5.74) is 0.816. The minimum absolute atomic E-state index is 0.0295. The number of likely N-dealkylation sites (N-methyl/N-ethyl adjacent to an activating group) is 6. The predicted octanol–water partition coefficient (Wildman–Crippen LogP) is 4.15. The molecule has 2 fully saturated rings. The summed E-state index contributed by atoms with van der Waals surface area (Å²) in [4.78, 5) is 174. The van der Waals surface area contributed by atoms with Crippen molar-refractivity contribution in [1.82, 2.24) is 81.1 Å². The molecule has 2 aliphatic rings. The Hall–Kier alpha value is -7.35. The molecule has 2 saturated heterocycles. The molecule has 4 rings (SSSR count). The van der Waals surface area contributed by atoms with Gasteiger partial charge >= 0.3 is 0 Å². The van der Waals surface area contributed by atoms with E-state index in [1.807, 2.05) is 71.9 Å². The van der Waals surface area contributed by atoms with Crippen LogP contribution in [0.3, 0.4) is 0 Å². The topological polar surface area (TPSA) is 353 Å². The van der Waals surface area contributed by atoms with Gasteiger partial charge in [-0.3, -0.25) is 57.6 Å². The number of hydrogen-bond acceptors (Lipinski definition) is 19. The number of hydrogen-bond donors (Lipinski definition) is 6. The van der Waals surface area contributed by atoms with Crippen LogP contribution in [0.15, 0.2) is 35.5 Å². The van der Waals surface area contributed by atoms with E-state index in [4.69, 9.17) is 9.47 Å². The molecule has 1 aromatic carbocycles. The normalized spacial score (nSPS) is 25.6. The van der Waals surface area contributed by atoms with Crippen molar-refractivity contribution >= 4 is 76.7 Å². The number of amides is 11. The summed E-state index contributed by atoms with van der Waals surface area (Å²) in [6.07, 6.45) is 1.62. The molecule has 30 nitrogen and oxygen atoms in total. The van der Waals surface area contributed by atoms with Gasteiger partial charge in [-0.1, -0.05) is 126 Å². The third-order valence-electron chi connectivity index (χ3n) is 20.4. The maximum Gasteiger partial charge on any atom is 0.246 e. The summed E-state index contributed by atoms with van der Waals surface area (Å²) in [7, 11) is 8.54. The van der Waals surface area contributed by atoms with Crippen LogP contribution in [0.1, 0.15) is 175 Å². The molecule has 3 heterocycles. The monoisotopic (exact) mass is 1520 g/mol. The van der Waals surface area contributed by atoms with E-state index >= 15 is 28.8 Å². The van der Waals surface area contributed by atoms with Crippen LogP contribution in [0.4, 0.5) is 0 Å². The van der Waals surface area contributed by atoms with Gasteiger partial charge in [0, 0.05) is 67.7 Å². The molecule has 0 bridgehead atoms. The van der Waals surface area contributed by atoms with Crippen molar-refractivity contribution < 1.29 is 67.3 Å². The summed E-state index contributed by atoms with van der Waals surface area (Å²) in [6.45, 7) is 31.3. The number of nitrogens with zero attached hydrogens (tertiary/aromatic N) is 11. The lowest BCUT2D eigenvalue weighted by Gasteiger charge is -2.40. The Morgan fingerprint density at radius 1 is 0.533 bits per heavy atom. The molecule has 6 N–H and O–H groups in total. The average molecular weight is 1520 g/mol. The number of ether oxygens (including phenoxy) is 2. The van der Waals surface area contributed by atoms with Crippen LogP contribution < -0.4 is 26.6 Å². The van der Waals surface area contributed by atoms with Crippen molar-refractivity contribution in [2.24, 2.45) is 35.5 Å². The number of benzene rings is 1. The van der Waals surface area contributed by atoms with Crippen LogP contribution >= 0.6 is 11.8 Å². The number of carbonyl (C=O) groups excluding carboxylic acids is 11. The van der Waals surface area contributed by atoms with Crippen LogP contribution in [-0.2, 0) is 62.2 Å². The van der Waals surface area contributed by atoms with E-state index in [0.29, 0.717) is 49.8 Å². The molecule has 14 atom stereocenters. The lowest BCUT2D eigenvalue weighted by Crippen LogP contribution is -2.64. The summed E-state index contributed by atoms with van der Waals surface area (Å²) >= 11 is 1.49. The van der Waals surface area contributed by atoms with Crippen molar-refractivity contribution in [2.75, 3.05) is 87.5 Å². The van der Waals surface area contributed by atoms with Crippen molar-refractivity contribution in [3.05, 3.63) is 30.3 Å². The van der Waals surface area contributed by atoms with E-state index in [0.717, 1.165) is 43.1 Å². The molecule has 0 aliphatic carbocycles. The van der Waals surface area contributed by atoms with Gasteiger partial charge in [0.2, 0.25) is 70.1 Å². The van der Waals surface area contributed by atoms with Crippen LogP contribution in [0.2, 0.25) is 0 Å². The number of unbranched alkanes of at least 4 members (excludes halogenated alkanes) is 3. The zero-order chi connectivity index (χ0) is 80.4. The maximum atomic E-state index is 15.3. The lowest BCUT2D eigenvalue weighted by molar-refractivity contribution is -0.154. The molecular formula is C76H130N16O14S. The number of tetrazole rings is 1. The van der Waals surface area contributed by atoms with Gasteiger partial charge in [-0.15, -0.1) is 5.10 Å². The molecule has 0 spiro atoms. The van der Waals surface area contributed by atoms with E-state index in [-0.39, 0.29) is 50.0 Å². The molecule has 1 aromatic heterocycles. The van der Waals surface area contributed by atoms with Gasteiger partial charge in [-0.25, -0.2) is 0 Å². The second-order valence-corrected chi connectivity index (χ2v) is 32.3. The van der Waals surface area contributed by atoms with E-state index in [9.17, 15) is 29.1 Å². The van der Waals surface area contributed by atoms with Gasteiger partial charge in [0.15, 0.2) is 0 Å². The Morgan fingerprint density at radius 2 is 1.07 bits per heavy atom. The molecule has 0 unspecified atom stereocenters. The van der Waals surface area contributed by atoms with Crippen LogP contribution in [0, 0.1) is 35.5 Å². The highest BCUT2D eigenvalue weighted by Crippen LogP contribution is 2.26. The highest BCUT2D eigenvalue weighted by atomic mass is 32.2. The lowest BCUT2D eigenvalue weighted by atomic mass is 9.91. The Labute approximate surface area is 640 Å². The number of aliphatic hydroxyl groups is 1. The number of rotatable bonds is 26. The number of carbonyl (C=O) groups is 11. The number of morpholine rings is 1. The molecule has 2 aromatic rings. The zero-order valence-electron chi connectivity index (χ0n) is 68.0. The van der Waals surface area contributed by atoms with E-state index in [1.165, 1.54) is 99.3 Å². The SMILES string of the molecule is CC[C@@H]1NC(=O)[C@H]([C@H](O)[C@H](C)CCCCCSc2nnnn2-c2ccccc2)NC(=O)[C@H](C(C)C)N(C)C(=O)[C@H](CC(C)C)N(C)C(=O)[C@H](CC(C)C)N(C)C(=O)[C@@H](C)NC(=O)[C@H](C)NC(=O)[C@H](CC(C)C)N(C)C(=O)[C@H](C(C)C)NC(=O)[C@H]([C@@H](C)OCCCCN2CCOCC2)N(C)C(=O)[C@@H](C)N(C)C1=O. The molecule has 604 valence electrons. The van der Waals surface area contributed by atoms with Gasteiger partial charge in [0.05, 0.1) is 31.1 Å². The molecule has 0 radical (unpaired) electrons. The molecule has 2 aliphatic heterocycles. The first-order chi connectivity index (χ1) is 50.3. The highest BCUT2D eigenvalue weighted by Gasteiger charge is 2.45. The Balaban J connectivity index is 1.85. The minimum Gasteiger partial charge on any atom is -0.390 e. The molecule has 0 saturated carbocycles. The maximum absolute atomic E-state index is 15.3. The van der Waals surface area contributed by atoms with Crippen molar-refractivity contribution in [3.63, 3.8) is 0 Å². The van der Waals surface area contributed by atoms with Gasteiger partial charge in [0.25, 0.3) is 0 Å². The fraction of sp³-hybridized carbons (Fsp3) is 0.763. The van der Waals surface area contributed by atoms with E-state index in [1.54, 1.807) is 53.1 Å². The van der Waals surface area contributed by atoms with Crippen LogP contribution in [0.25, 0.3) is 5.69 Å². The first kappa shape index (κ1) is 92.0. The van der Waals surface area contributed by atoms with Crippen molar-refractivity contribution in [3.8, 4) is 5.69 Å². The van der Waals surface area contributed by atoms with Gasteiger partial charge < -0.3 is 70.6 Å². The Morgan fingerprint density at radius 3 is 1.64 bits per heavy atom. The third-order valence-corrected chi connectivity index (χ3v) is 21.4. The Kier molecular flexibility index (Phi) is 38.1.